The van der Waals surface area contributed by atoms with Crippen molar-refractivity contribution in [2.24, 2.45) is 0 Å². The van der Waals surface area contributed by atoms with E-state index in [1.54, 1.807) is 19.3 Å². The van der Waals surface area contributed by atoms with Crippen LogP contribution in [0.4, 0.5) is 5.82 Å². The molecule has 0 atom stereocenters. The van der Waals surface area contributed by atoms with Crippen molar-refractivity contribution in [1.29, 1.82) is 0 Å². The van der Waals surface area contributed by atoms with Gasteiger partial charge in [-0.25, -0.2) is 9.78 Å². The number of hydrogen-bond donors (Lipinski definition) is 3. The number of carboxylic acids is 1. The van der Waals surface area contributed by atoms with E-state index in [0.29, 0.717) is 11.5 Å². The number of fused-ring (bicyclic) bond motifs is 1. The molecule has 3 aromatic rings. The van der Waals surface area contributed by atoms with E-state index in [1.165, 1.54) is 10.6 Å². The summed E-state index contributed by atoms with van der Waals surface area (Å²) in [5, 5.41) is 15.9. The number of nitrogens with one attached hydrogen (secondary N) is 2. The van der Waals surface area contributed by atoms with Gasteiger partial charge in [-0.15, -0.1) is 0 Å². The van der Waals surface area contributed by atoms with Gasteiger partial charge in [0.1, 0.15) is 5.82 Å². The second kappa shape index (κ2) is 4.13. The minimum absolute atomic E-state index is 0.0346. The smallest absolute Gasteiger partial charge is 0.356 e. The lowest BCUT2D eigenvalue weighted by Crippen LogP contribution is -2.03. The van der Waals surface area contributed by atoms with Crippen molar-refractivity contribution in [3.05, 3.63) is 36.2 Å². The Hall–Kier alpha value is -2.83. The highest BCUT2D eigenvalue weighted by molar-refractivity contribution is 5.87. The lowest BCUT2D eigenvalue weighted by atomic mass is 10.3. The fourth-order valence-corrected chi connectivity index (χ4v) is 1.88. The average molecular weight is 257 g/mol. The molecule has 0 aliphatic rings. The highest BCUT2D eigenvalue weighted by atomic mass is 16.4. The molecular weight excluding hydrogens is 246 g/mol. The Labute approximate surface area is 107 Å². The first kappa shape index (κ1) is 11.3. The van der Waals surface area contributed by atoms with Gasteiger partial charge in [-0.05, 0) is 12.1 Å². The van der Waals surface area contributed by atoms with Crippen LogP contribution < -0.4 is 5.32 Å². The molecular formula is C12H11N5O2. The van der Waals surface area contributed by atoms with Gasteiger partial charge in [-0.3, -0.25) is 0 Å². The van der Waals surface area contributed by atoms with E-state index in [2.05, 4.69) is 20.4 Å². The standard InChI is InChI=1S/C12H11N5O2/c1-13-10-5-8(7-3-2-4-14-7)15-11-6-9(12(18)19)16-17(10)11/h2-6,13-14H,1H3,(H,18,19). The third-order valence-corrected chi connectivity index (χ3v) is 2.78. The third kappa shape index (κ3) is 1.81. The summed E-state index contributed by atoms with van der Waals surface area (Å²) < 4.78 is 1.47. The maximum atomic E-state index is 11.0. The first-order valence-electron chi connectivity index (χ1n) is 5.64. The molecule has 19 heavy (non-hydrogen) atoms. The lowest BCUT2D eigenvalue weighted by molar-refractivity contribution is 0.0690. The van der Waals surface area contributed by atoms with Crippen molar-refractivity contribution in [3.8, 4) is 11.4 Å². The second-order valence-corrected chi connectivity index (χ2v) is 3.97. The molecule has 0 saturated carbocycles. The number of aromatic amines is 1. The van der Waals surface area contributed by atoms with Crippen molar-refractivity contribution in [2.45, 2.75) is 0 Å². The Morgan fingerprint density at radius 3 is 2.95 bits per heavy atom. The van der Waals surface area contributed by atoms with Crippen LogP contribution in [-0.4, -0.2) is 37.7 Å². The van der Waals surface area contributed by atoms with Crippen molar-refractivity contribution >= 4 is 17.4 Å². The van der Waals surface area contributed by atoms with Crippen LogP contribution in [0.1, 0.15) is 10.5 Å². The Morgan fingerprint density at radius 2 is 2.32 bits per heavy atom. The Kier molecular flexibility index (Phi) is 2.45. The zero-order chi connectivity index (χ0) is 13.4. The number of rotatable bonds is 3. The van der Waals surface area contributed by atoms with E-state index < -0.39 is 5.97 Å². The molecule has 96 valence electrons. The van der Waals surface area contributed by atoms with E-state index >= 15 is 0 Å². The number of hydrogen-bond acceptors (Lipinski definition) is 4. The minimum atomic E-state index is -1.08. The molecule has 3 heterocycles. The first-order valence-corrected chi connectivity index (χ1v) is 5.64. The Morgan fingerprint density at radius 1 is 1.47 bits per heavy atom. The van der Waals surface area contributed by atoms with Crippen LogP contribution in [0.5, 0.6) is 0 Å². The van der Waals surface area contributed by atoms with Crippen molar-refractivity contribution in [2.75, 3.05) is 12.4 Å². The van der Waals surface area contributed by atoms with E-state index in [9.17, 15) is 4.79 Å². The van der Waals surface area contributed by atoms with Crippen molar-refractivity contribution in [3.63, 3.8) is 0 Å². The van der Waals surface area contributed by atoms with Crippen LogP contribution in [0, 0.1) is 0 Å². The van der Waals surface area contributed by atoms with Crippen LogP contribution in [0.2, 0.25) is 0 Å². The van der Waals surface area contributed by atoms with Gasteiger partial charge in [0.2, 0.25) is 0 Å². The zero-order valence-electron chi connectivity index (χ0n) is 10.1. The summed E-state index contributed by atoms with van der Waals surface area (Å²) in [6.07, 6.45) is 1.80. The quantitative estimate of drug-likeness (QED) is 0.660. The molecule has 3 N–H and O–H groups in total. The van der Waals surface area contributed by atoms with Crippen molar-refractivity contribution in [1.82, 2.24) is 19.6 Å². The van der Waals surface area contributed by atoms with Crippen LogP contribution in [0.3, 0.4) is 0 Å². The summed E-state index contributed by atoms with van der Waals surface area (Å²) in [5.74, 6) is -0.406. The molecule has 0 radical (unpaired) electrons. The summed E-state index contributed by atoms with van der Waals surface area (Å²) >= 11 is 0. The number of aromatic carboxylic acids is 1. The molecule has 7 heteroatoms. The number of aromatic nitrogens is 4. The fraction of sp³-hybridized carbons (Fsp3) is 0.0833. The number of carboxylic acid groups (broad SMARTS) is 1. The summed E-state index contributed by atoms with van der Waals surface area (Å²) in [4.78, 5) is 18.4. The fourth-order valence-electron chi connectivity index (χ4n) is 1.88. The van der Waals surface area contributed by atoms with E-state index in [-0.39, 0.29) is 5.69 Å². The molecule has 0 bridgehead atoms. The monoisotopic (exact) mass is 257 g/mol. The van der Waals surface area contributed by atoms with E-state index in [0.717, 1.165) is 11.4 Å². The zero-order valence-corrected chi connectivity index (χ0v) is 10.1. The number of anilines is 1. The summed E-state index contributed by atoms with van der Waals surface area (Å²) in [6.45, 7) is 0. The van der Waals surface area contributed by atoms with E-state index in [4.69, 9.17) is 5.11 Å². The molecule has 3 aromatic heterocycles. The molecule has 0 saturated heterocycles. The maximum Gasteiger partial charge on any atom is 0.356 e. The molecule has 3 rings (SSSR count). The number of carbonyl (C=O) groups is 1. The Bertz CT molecular complexity index is 745. The van der Waals surface area contributed by atoms with Crippen LogP contribution in [0.15, 0.2) is 30.5 Å². The molecule has 0 amide bonds. The second-order valence-electron chi connectivity index (χ2n) is 3.97. The Balaban J connectivity index is 2.25. The predicted molar refractivity (Wildman–Crippen MR) is 69.3 cm³/mol. The van der Waals surface area contributed by atoms with Gasteiger partial charge in [0, 0.05) is 25.4 Å². The van der Waals surface area contributed by atoms with Crippen molar-refractivity contribution < 1.29 is 9.90 Å². The number of H-pyrrole nitrogens is 1. The molecule has 0 fully saturated rings. The molecule has 0 aliphatic heterocycles. The topological polar surface area (TPSA) is 95.3 Å². The van der Waals surface area contributed by atoms with Gasteiger partial charge in [-0.1, -0.05) is 0 Å². The van der Waals surface area contributed by atoms with Gasteiger partial charge < -0.3 is 15.4 Å². The molecule has 0 unspecified atom stereocenters. The van der Waals surface area contributed by atoms with E-state index in [1.807, 2.05) is 12.1 Å². The van der Waals surface area contributed by atoms with Crippen LogP contribution in [0.25, 0.3) is 17.0 Å². The van der Waals surface area contributed by atoms with Gasteiger partial charge in [-0.2, -0.15) is 9.61 Å². The number of nitrogens with zero attached hydrogens (tertiary/aromatic N) is 3. The predicted octanol–water partition coefficient (Wildman–Crippen LogP) is 1.46. The van der Waals surface area contributed by atoms with Crippen LogP contribution >= 0.6 is 0 Å². The molecule has 7 nitrogen and oxygen atoms in total. The molecule has 0 aromatic carbocycles. The van der Waals surface area contributed by atoms with Gasteiger partial charge >= 0.3 is 5.97 Å². The first-order chi connectivity index (χ1) is 9.19. The highest BCUT2D eigenvalue weighted by Crippen LogP contribution is 2.21. The highest BCUT2D eigenvalue weighted by Gasteiger charge is 2.13. The summed E-state index contributed by atoms with van der Waals surface area (Å²) in [6, 6.07) is 7.01. The minimum Gasteiger partial charge on any atom is -0.476 e. The third-order valence-electron chi connectivity index (χ3n) is 2.78. The average Bonchev–Trinajstić information content (AvgIpc) is 3.05. The SMILES string of the molecule is CNc1cc(-c2ccc[nH]2)nc2cc(C(=O)O)nn12. The van der Waals surface area contributed by atoms with Gasteiger partial charge in [0.05, 0.1) is 11.4 Å². The van der Waals surface area contributed by atoms with Crippen LogP contribution in [-0.2, 0) is 0 Å². The van der Waals surface area contributed by atoms with Gasteiger partial charge in [0.25, 0.3) is 0 Å². The maximum absolute atomic E-state index is 11.0. The van der Waals surface area contributed by atoms with Gasteiger partial charge in [0.15, 0.2) is 11.3 Å². The largest absolute Gasteiger partial charge is 0.476 e. The molecule has 0 spiro atoms. The summed E-state index contributed by atoms with van der Waals surface area (Å²) in [5.41, 5.74) is 2.03. The normalized spacial score (nSPS) is 10.8. The lowest BCUT2D eigenvalue weighted by Gasteiger charge is -2.05. The summed E-state index contributed by atoms with van der Waals surface area (Å²) in [7, 11) is 1.75. The molecule has 0 aliphatic carbocycles.